The van der Waals surface area contributed by atoms with E-state index in [4.69, 9.17) is 15.2 Å². The molecule has 1 spiro atoms. The standard InChI is InChI=1S/C14H20N2O2/c15-11-12-1-3-13(4-2-12)16-7-5-14(6-8-16)17-9-10-18-14/h1-4H,5-11,15H2. The minimum absolute atomic E-state index is 0.284. The maximum absolute atomic E-state index is 5.74. The van der Waals surface area contributed by atoms with Crippen LogP contribution in [0.15, 0.2) is 24.3 Å². The number of nitrogens with zero attached hydrogens (tertiary/aromatic N) is 1. The molecule has 2 aliphatic heterocycles. The van der Waals surface area contributed by atoms with Crippen molar-refractivity contribution in [2.45, 2.75) is 25.2 Å². The molecule has 2 aliphatic rings. The summed E-state index contributed by atoms with van der Waals surface area (Å²) < 4.78 is 11.5. The van der Waals surface area contributed by atoms with Crippen LogP contribution in [0.5, 0.6) is 0 Å². The Balaban J connectivity index is 1.64. The summed E-state index contributed by atoms with van der Waals surface area (Å²) in [5.74, 6) is -0.284. The Labute approximate surface area is 108 Å². The first-order valence-corrected chi connectivity index (χ1v) is 6.63. The van der Waals surface area contributed by atoms with Crippen LogP contribution in [0, 0.1) is 0 Å². The van der Waals surface area contributed by atoms with Crippen LogP contribution >= 0.6 is 0 Å². The molecule has 18 heavy (non-hydrogen) atoms. The van der Waals surface area contributed by atoms with Crippen LogP contribution in [0.4, 0.5) is 5.69 Å². The van der Waals surface area contributed by atoms with Crippen LogP contribution in [0.2, 0.25) is 0 Å². The van der Waals surface area contributed by atoms with Crippen molar-refractivity contribution in [3.8, 4) is 0 Å². The van der Waals surface area contributed by atoms with Gasteiger partial charge in [-0.1, -0.05) is 12.1 Å². The number of piperidine rings is 1. The zero-order chi connectivity index (χ0) is 12.4. The van der Waals surface area contributed by atoms with E-state index >= 15 is 0 Å². The number of ether oxygens (including phenoxy) is 2. The molecule has 4 heteroatoms. The highest BCUT2D eigenvalue weighted by molar-refractivity contribution is 5.48. The molecule has 0 saturated carbocycles. The Morgan fingerprint density at radius 1 is 1.06 bits per heavy atom. The van der Waals surface area contributed by atoms with Crippen molar-refractivity contribution >= 4 is 5.69 Å². The summed E-state index contributed by atoms with van der Waals surface area (Å²) in [7, 11) is 0. The fourth-order valence-electron chi connectivity index (χ4n) is 2.73. The molecule has 2 saturated heterocycles. The zero-order valence-corrected chi connectivity index (χ0v) is 10.6. The number of nitrogens with two attached hydrogens (primary N) is 1. The smallest absolute Gasteiger partial charge is 0.171 e. The highest BCUT2D eigenvalue weighted by atomic mass is 16.7. The number of hydrogen-bond acceptors (Lipinski definition) is 4. The van der Waals surface area contributed by atoms with Gasteiger partial charge in [-0.3, -0.25) is 0 Å². The first-order valence-electron chi connectivity index (χ1n) is 6.63. The summed E-state index contributed by atoms with van der Waals surface area (Å²) in [4.78, 5) is 2.39. The Kier molecular flexibility index (Phi) is 3.24. The molecule has 0 unspecified atom stereocenters. The van der Waals surface area contributed by atoms with Crippen molar-refractivity contribution in [1.29, 1.82) is 0 Å². The average Bonchev–Trinajstić information content (AvgIpc) is 2.88. The predicted molar refractivity (Wildman–Crippen MR) is 70.4 cm³/mol. The van der Waals surface area contributed by atoms with Crippen molar-refractivity contribution < 1.29 is 9.47 Å². The molecule has 2 fully saturated rings. The van der Waals surface area contributed by atoms with E-state index < -0.39 is 0 Å². The Hall–Kier alpha value is -1.10. The van der Waals surface area contributed by atoms with Crippen molar-refractivity contribution in [3.05, 3.63) is 29.8 Å². The van der Waals surface area contributed by atoms with Crippen LogP contribution in [0.3, 0.4) is 0 Å². The molecule has 0 amide bonds. The molecule has 0 aliphatic carbocycles. The third-order valence-corrected chi connectivity index (χ3v) is 3.88. The average molecular weight is 248 g/mol. The van der Waals surface area contributed by atoms with Gasteiger partial charge in [0.15, 0.2) is 5.79 Å². The molecule has 2 heterocycles. The summed E-state index contributed by atoms with van der Waals surface area (Å²) in [5, 5.41) is 0. The van der Waals surface area contributed by atoms with Gasteiger partial charge in [0.1, 0.15) is 0 Å². The van der Waals surface area contributed by atoms with Gasteiger partial charge in [-0.25, -0.2) is 0 Å². The van der Waals surface area contributed by atoms with Crippen LogP contribution in [0.1, 0.15) is 18.4 Å². The van der Waals surface area contributed by atoms with Crippen molar-refractivity contribution in [2.75, 3.05) is 31.2 Å². The van der Waals surface area contributed by atoms with Gasteiger partial charge in [0, 0.05) is 38.2 Å². The second-order valence-corrected chi connectivity index (χ2v) is 4.97. The van der Waals surface area contributed by atoms with Crippen LogP contribution in [-0.2, 0) is 16.0 Å². The summed E-state index contributed by atoms with van der Waals surface area (Å²) >= 11 is 0. The zero-order valence-electron chi connectivity index (χ0n) is 10.6. The topological polar surface area (TPSA) is 47.7 Å². The monoisotopic (exact) mass is 248 g/mol. The van der Waals surface area contributed by atoms with Gasteiger partial charge in [-0.05, 0) is 17.7 Å². The molecule has 98 valence electrons. The predicted octanol–water partition coefficient (Wildman–Crippen LogP) is 1.49. The van der Waals surface area contributed by atoms with E-state index in [0.29, 0.717) is 6.54 Å². The van der Waals surface area contributed by atoms with Crippen molar-refractivity contribution in [2.24, 2.45) is 5.73 Å². The fourth-order valence-corrected chi connectivity index (χ4v) is 2.73. The van der Waals surface area contributed by atoms with E-state index in [1.165, 1.54) is 11.3 Å². The molecule has 1 aromatic rings. The second-order valence-electron chi connectivity index (χ2n) is 4.97. The third kappa shape index (κ3) is 2.23. The van der Waals surface area contributed by atoms with Gasteiger partial charge in [-0.15, -0.1) is 0 Å². The molecule has 0 radical (unpaired) electrons. The van der Waals surface area contributed by atoms with Gasteiger partial charge in [0.05, 0.1) is 13.2 Å². The van der Waals surface area contributed by atoms with Crippen molar-refractivity contribution in [3.63, 3.8) is 0 Å². The summed E-state index contributed by atoms with van der Waals surface area (Å²) in [6.45, 7) is 4.06. The molecule has 0 atom stereocenters. The largest absolute Gasteiger partial charge is 0.371 e. The number of hydrogen-bond donors (Lipinski definition) is 1. The number of anilines is 1. The van der Waals surface area contributed by atoms with E-state index in [-0.39, 0.29) is 5.79 Å². The highest BCUT2D eigenvalue weighted by Crippen LogP contribution is 2.33. The van der Waals surface area contributed by atoms with E-state index in [1.54, 1.807) is 0 Å². The van der Waals surface area contributed by atoms with Gasteiger partial charge >= 0.3 is 0 Å². The minimum atomic E-state index is -0.284. The van der Waals surface area contributed by atoms with Crippen LogP contribution < -0.4 is 10.6 Å². The highest BCUT2D eigenvalue weighted by Gasteiger charge is 2.39. The van der Waals surface area contributed by atoms with E-state index in [2.05, 4.69) is 29.2 Å². The quantitative estimate of drug-likeness (QED) is 0.861. The molecule has 2 N–H and O–H groups in total. The third-order valence-electron chi connectivity index (χ3n) is 3.88. The molecule has 0 aromatic heterocycles. The van der Waals surface area contributed by atoms with Gasteiger partial charge < -0.3 is 20.1 Å². The molecule has 4 nitrogen and oxygen atoms in total. The van der Waals surface area contributed by atoms with Crippen LogP contribution in [-0.4, -0.2) is 32.1 Å². The summed E-state index contributed by atoms with van der Waals surface area (Å²) in [5.41, 5.74) is 8.05. The lowest BCUT2D eigenvalue weighted by Gasteiger charge is -2.38. The molecule has 1 aromatic carbocycles. The van der Waals surface area contributed by atoms with E-state index in [0.717, 1.165) is 39.1 Å². The maximum atomic E-state index is 5.74. The lowest BCUT2D eigenvalue weighted by atomic mass is 10.0. The number of benzene rings is 1. The summed E-state index contributed by atoms with van der Waals surface area (Å²) in [6, 6.07) is 8.50. The van der Waals surface area contributed by atoms with Gasteiger partial charge in [-0.2, -0.15) is 0 Å². The van der Waals surface area contributed by atoms with E-state index in [9.17, 15) is 0 Å². The minimum Gasteiger partial charge on any atom is -0.371 e. The lowest BCUT2D eigenvalue weighted by Crippen LogP contribution is -2.45. The maximum Gasteiger partial charge on any atom is 0.171 e. The molecule has 3 rings (SSSR count). The number of rotatable bonds is 2. The first kappa shape index (κ1) is 12.0. The van der Waals surface area contributed by atoms with Crippen LogP contribution in [0.25, 0.3) is 0 Å². The van der Waals surface area contributed by atoms with Gasteiger partial charge in [0.25, 0.3) is 0 Å². The first-order chi connectivity index (χ1) is 8.81. The lowest BCUT2D eigenvalue weighted by molar-refractivity contribution is -0.169. The fraction of sp³-hybridized carbons (Fsp3) is 0.571. The molecular weight excluding hydrogens is 228 g/mol. The van der Waals surface area contributed by atoms with Gasteiger partial charge in [0.2, 0.25) is 0 Å². The Morgan fingerprint density at radius 2 is 1.67 bits per heavy atom. The normalized spacial score (nSPS) is 22.6. The molecule has 0 bridgehead atoms. The summed E-state index contributed by atoms with van der Waals surface area (Å²) in [6.07, 6.45) is 1.90. The SMILES string of the molecule is NCc1ccc(N2CCC3(CC2)OCCO3)cc1. The Morgan fingerprint density at radius 3 is 2.22 bits per heavy atom. The Bertz CT molecular complexity index is 389. The van der Waals surface area contributed by atoms with Crippen molar-refractivity contribution in [1.82, 2.24) is 0 Å². The molecular formula is C14H20N2O2. The van der Waals surface area contributed by atoms with E-state index in [1.807, 2.05) is 0 Å². The second kappa shape index (κ2) is 4.88.